The third-order valence-corrected chi connectivity index (χ3v) is 5.44. The normalized spacial score (nSPS) is 16.9. The molecule has 1 aliphatic rings. The van der Waals surface area contributed by atoms with Gasteiger partial charge in [-0.15, -0.1) is 10.2 Å². The molecule has 0 radical (unpaired) electrons. The van der Waals surface area contributed by atoms with Crippen LogP contribution in [0, 0.1) is 0 Å². The number of nitrogens with two attached hydrogens (primary N) is 1. The predicted octanol–water partition coefficient (Wildman–Crippen LogP) is 3.19. The number of nitrogens with zero attached hydrogens (tertiary/aromatic N) is 3. The van der Waals surface area contributed by atoms with Gasteiger partial charge in [0.1, 0.15) is 6.04 Å². The van der Waals surface area contributed by atoms with Crippen molar-refractivity contribution in [3.05, 3.63) is 83.6 Å². The van der Waals surface area contributed by atoms with E-state index in [2.05, 4.69) is 27.6 Å². The standard InChI is InChI=1S/C23H27N5O2/c1-23(24,16-18-10-6-3-7-11-18)21-27-26-20(30-21)19(28-15-14-25-22(28)29)13-12-17-8-4-2-5-9-17/h2-11,19H,12-16,24H2,1H3,(H,25,29)/t19?,23-/m1/s1. The van der Waals surface area contributed by atoms with E-state index in [-0.39, 0.29) is 12.1 Å². The summed E-state index contributed by atoms with van der Waals surface area (Å²) in [6.07, 6.45) is 2.07. The van der Waals surface area contributed by atoms with Gasteiger partial charge in [-0.25, -0.2) is 4.79 Å². The van der Waals surface area contributed by atoms with Crippen LogP contribution < -0.4 is 11.1 Å². The number of carbonyl (C=O) groups is 1. The number of aryl methyl sites for hydroxylation is 1. The molecule has 2 aromatic carbocycles. The number of hydrogen-bond donors (Lipinski definition) is 2. The third kappa shape index (κ3) is 4.52. The SMILES string of the molecule is C[C@@](N)(Cc1ccccc1)c1nnc(C(CCc2ccccc2)N2CCNC2=O)o1. The molecule has 1 saturated heterocycles. The minimum absolute atomic E-state index is 0.104. The van der Waals surface area contributed by atoms with Gasteiger partial charge in [-0.2, -0.15) is 0 Å². The fourth-order valence-corrected chi connectivity index (χ4v) is 3.84. The van der Waals surface area contributed by atoms with Gasteiger partial charge >= 0.3 is 6.03 Å². The van der Waals surface area contributed by atoms with Crippen LogP contribution in [0.3, 0.4) is 0 Å². The van der Waals surface area contributed by atoms with Crippen LogP contribution in [0.15, 0.2) is 65.1 Å². The van der Waals surface area contributed by atoms with E-state index in [1.165, 1.54) is 5.56 Å². The van der Waals surface area contributed by atoms with Crippen LogP contribution in [0.5, 0.6) is 0 Å². The maximum absolute atomic E-state index is 12.3. The van der Waals surface area contributed by atoms with Crippen molar-refractivity contribution >= 4 is 6.03 Å². The second-order valence-electron chi connectivity index (χ2n) is 7.99. The molecular formula is C23H27N5O2. The fraction of sp³-hybridized carbons (Fsp3) is 0.348. The maximum atomic E-state index is 12.3. The van der Waals surface area contributed by atoms with Gasteiger partial charge in [0.2, 0.25) is 11.8 Å². The van der Waals surface area contributed by atoms with Gasteiger partial charge in [-0.3, -0.25) is 0 Å². The molecule has 1 aliphatic heterocycles. The van der Waals surface area contributed by atoms with Crippen molar-refractivity contribution in [1.29, 1.82) is 0 Å². The lowest BCUT2D eigenvalue weighted by Gasteiger charge is -2.24. The number of hydrogen-bond acceptors (Lipinski definition) is 5. The first-order chi connectivity index (χ1) is 14.5. The van der Waals surface area contributed by atoms with E-state index in [0.717, 1.165) is 12.0 Å². The Hall–Kier alpha value is -3.19. The molecule has 1 unspecified atom stereocenters. The molecule has 156 valence electrons. The van der Waals surface area contributed by atoms with Crippen LogP contribution in [0.1, 0.15) is 42.3 Å². The first-order valence-electron chi connectivity index (χ1n) is 10.3. The van der Waals surface area contributed by atoms with Gasteiger partial charge in [0.15, 0.2) is 0 Å². The van der Waals surface area contributed by atoms with Crippen LogP contribution in [0.4, 0.5) is 4.79 Å². The molecular weight excluding hydrogens is 378 g/mol. The topological polar surface area (TPSA) is 97.3 Å². The largest absolute Gasteiger partial charge is 0.421 e. The summed E-state index contributed by atoms with van der Waals surface area (Å²) in [5, 5.41) is 11.4. The fourth-order valence-electron chi connectivity index (χ4n) is 3.84. The Balaban J connectivity index is 1.55. The maximum Gasteiger partial charge on any atom is 0.318 e. The predicted molar refractivity (Wildman–Crippen MR) is 114 cm³/mol. The summed E-state index contributed by atoms with van der Waals surface area (Å²) in [5.41, 5.74) is 8.04. The average Bonchev–Trinajstić information content (AvgIpc) is 3.40. The van der Waals surface area contributed by atoms with Gasteiger partial charge in [-0.1, -0.05) is 60.7 Å². The molecule has 4 rings (SSSR count). The van der Waals surface area contributed by atoms with E-state index < -0.39 is 5.54 Å². The van der Waals surface area contributed by atoms with Crippen LogP contribution >= 0.6 is 0 Å². The third-order valence-electron chi connectivity index (χ3n) is 5.44. The molecule has 0 saturated carbocycles. The van der Waals surface area contributed by atoms with Gasteiger partial charge < -0.3 is 20.4 Å². The van der Waals surface area contributed by atoms with Crippen molar-refractivity contribution in [2.45, 2.75) is 37.8 Å². The van der Waals surface area contributed by atoms with E-state index in [1.54, 1.807) is 4.90 Å². The second-order valence-corrected chi connectivity index (χ2v) is 7.99. The zero-order chi connectivity index (χ0) is 21.0. The molecule has 7 nitrogen and oxygen atoms in total. The van der Waals surface area contributed by atoms with Gasteiger partial charge in [0.05, 0.1) is 5.54 Å². The molecule has 2 amide bonds. The van der Waals surface area contributed by atoms with Crippen molar-refractivity contribution < 1.29 is 9.21 Å². The lowest BCUT2D eigenvalue weighted by Crippen LogP contribution is -2.36. The summed E-state index contributed by atoms with van der Waals surface area (Å²) in [6.45, 7) is 3.11. The zero-order valence-electron chi connectivity index (χ0n) is 17.1. The molecule has 0 spiro atoms. The lowest BCUT2D eigenvalue weighted by atomic mass is 9.94. The number of nitrogens with one attached hydrogen (secondary N) is 1. The Morgan fingerprint density at radius 3 is 2.40 bits per heavy atom. The van der Waals surface area contributed by atoms with Crippen LogP contribution in [-0.2, 0) is 18.4 Å². The zero-order valence-corrected chi connectivity index (χ0v) is 17.1. The summed E-state index contributed by atoms with van der Waals surface area (Å²) < 4.78 is 6.06. The Morgan fingerprint density at radius 1 is 1.10 bits per heavy atom. The number of aromatic nitrogens is 2. The van der Waals surface area contributed by atoms with E-state index in [0.29, 0.717) is 37.7 Å². The minimum atomic E-state index is -0.802. The molecule has 1 fully saturated rings. The molecule has 3 N–H and O–H groups in total. The monoisotopic (exact) mass is 405 g/mol. The quantitative estimate of drug-likeness (QED) is 0.600. The van der Waals surface area contributed by atoms with Crippen LogP contribution in [-0.4, -0.2) is 34.2 Å². The summed E-state index contributed by atoms with van der Waals surface area (Å²) in [6, 6.07) is 19.8. The molecule has 0 aliphatic carbocycles. The minimum Gasteiger partial charge on any atom is -0.421 e. The van der Waals surface area contributed by atoms with Gasteiger partial charge in [-0.05, 0) is 37.3 Å². The van der Waals surface area contributed by atoms with E-state index in [9.17, 15) is 4.79 Å². The van der Waals surface area contributed by atoms with Crippen LogP contribution in [0.25, 0.3) is 0 Å². The lowest BCUT2D eigenvalue weighted by molar-refractivity contribution is 0.179. The van der Waals surface area contributed by atoms with Crippen molar-refractivity contribution in [3.63, 3.8) is 0 Å². The number of urea groups is 1. The smallest absolute Gasteiger partial charge is 0.318 e. The summed E-state index contributed by atoms with van der Waals surface area (Å²) in [4.78, 5) is 14.1. The molecule has 30 heavy (non-hydrogen) atoms. The number of amides is 2. The highest BCUT2D eigenvalue weighted by Crippen LogP contribution is 2.29. The van der Waals surface area contributed by atoms with Crippen molar-refractivity contribution in [2.24, 2.45) is 5.73 Å². The highest BCUT2D eigenvalue weighted by atomic mass is 16.4. The Kier molecular flexibility index (Phi) is 5.81. The highest BCUT2D eigenvalue weighted by molar-refractivity contribution is 5.76. The Morgan fingerprint density at radius 2 is 1.77 bits per heavy atom. The van der Waals surface area contributed by atoms with Gasteiger partial charge in [0, 0.05) is 13.1 Å². The van der Waals surface area contributed by atoms with E-state index in [1.807, 2.05) is 55.5 Å². The van der Waals surface area contributed by atoms with Gasteiger partial charge in [0.25, 0.3) is 0 Å². The molecule has 1 aromatic heterocycles. The number of rotatable bonds is 8. The Labute approximate surface area is 176 Å². The van der Waals surface area contributed by atoms with Crippen molar-refractivity contribution in [1.82, 2.24) is 20.4 Å². The second kappa shape index (κ2) is 8.67. The molecule has 2 heterocycles. The van der Waals surface area contributed by atoms with Crippen molar-refractivity contribution in [3.8, 4) is 0 Å². The summed E-state index contributed by atoms with van der Waals surface area (Å²) in [5.74, 6) is 0.813. The molecule has 2 atom stereocenters. The van der Waals surface area contributed by atoms with Crippen molar-refractivity contribution in [2.75, 3.05) is 13.1 Å². The highest BCUT2D eigenvalue weighted by Gasteiger charge is 2.35. The first-order valence-corrected chi connectivity index (χ1v) is 10.3. The number of benzene rings is 2. The Bertz CT molecular complexity index is 972. The molecule has 7 heteroatoms. The van der Waals surface area contributed by atoms with E-state index in [4.69, 9.17) is 10.2 Å². The number of carbonyl (C=O) groups excluding carboxylic acids is 1. The first kappa shape index (κ1) is 20.1. The summed E-state index contributed by atoms with van der Waals surface area (Å²) >= 11 is 0. The molecule has 0 bridgehead atoms. The van der Waals surface area contributed by atoms with Crippen LogP contribution in [0.2, 0.25) is 0 Å². The average molecular weight is 406 g/mol. The van der Waals surface area contributed by atoms with E-state index >= 15 is 0 Å². The summed E-state index contributed by atoms with van der Waals surface area (Å²) in [7, 11) is 0. The molecule has 3 aromatic rings.